The van der Waals surface area contributed by atoms with E-state index in [9.17, 15) is 14.4 Å². The van der Waals surface area contributed by atoms with E-state index in [1.54, 1.807) is 25.1 Å². The normalized spacial score (nSPS) is 23.0. The molecule has 0 spiro atoms. The number of piperidine rings is 1. The fraction of sp³-hybridized carbons (Fsp3) is 0.625. The fourth-order valence-corrected chi connectivity index (χ4v) is 5.29. The zero-order chi connectivity index (χ0) is 22.8. The molecule has 2 atom stereocenters. The second kappa shape index (κ2) is 9.48. The highest BCUT2D eigenvalue weighted by molar-refractivity contribution is 6.09. The van der Waals surface area contributed by atoms with E-state index in [0.29, 0.717) is 23.8 Å². The van der Waals surface area contributed by atoms with Crippen molar-refractivity contribution in [1.82, 2.24) is 15.1 Å². The molecule has 1 aromatic carbocycles. The van der Waals surface area contributed by atoms with Gasteiger partial charge in [0.1, 0.15) is 12.6 Å². The van der Waals surface area contributed by atoms with Crippen LogP contribution in [-0.4, -0.2) is 86.4 Å². The average molecular weight is 442 g/mol. The van der Waals surface area contributed by atoms with Gasteiger partial charge in [-0.2, -0.15) is 0 Å². The maximum atomic E-state index is 13.4. The molecule has 0 bridgehead atoms. The molecule has 3 amide bonds. The van der Waals surface area contributed by atoms with Crippen LogP contribution in [-0.2, 0) is 9.59 Å². The van der Waals surface area contributed by atoms with Gasteiger partial charge in [-0.05, 0) is 63.4 Å². The van der Waals surface area contributed by atoms with Gasteiger partial charge in [-0.15, -0.1) is 0 Å². The number of fused-ring (bicyclic) bond motifs is 3. The lowest BCUT2D eigenvalue weighted by Gasteiger charge is -2.45. The van der Waals surface area contributed by atoms with Gasteiger partial charge in [-0.25, -0.2) is 0 Å². The van der Waals surface area contributed by atoms with Gasteiger partial charge >= 0.3 is 0 Å². The molecule has 1 N–H and O–H groups in total. The zero-order valence-electron chi connectivity index (χ0n) is 19.5. The lowest BCUT2D eigenvalue weighted by Crippen LogP contribution is -2.57. The van der Waals surface area contributed by atoms with Crippen molar-refractivity contribution in [3.8, 4) is 0 Å². The Hall–Kier alpha value is -2.61. The van der Waals surface area contributed by atoms with Gasteiger partial charge in [0, 0.05) is 38.8 Å². The molecule has 3 aliphatic heterocycles. The molecule has 32 heavy (non-hydrogen) atoms. The summed E-state index contributed by atoms with van der Waals surface area (Å²) in [6.45, 7) is 5.61. The summed E-state index contributed by atoms with van der Waals surface area (Å²) < 4.78 is 0. The standard InChI is InChI=1S/C24H35N5O3/c1-4-27-12-7-8-18(27)15-25-22(30)16-29-21-14-17(23(31)26(2)3)10-11-19(21)28-13-6-5-9-20(28)24(29)32/h10-11,14,18,20H,4-9,12-13,15-16H2,1-3H3,(H,25,30)/t18-,20+/m0/s1. The zero-order valence-corrected chi connectivity index (χ0v) is 19.5. The number of rotatable bonds is 6. The van der Waals surface area contributed by atoms with Gasteiger partial charge < -0.3 is 15.1 Å². The van der Waals surface area contributed by atoms with E-state index in [4.69, 9.17) is 0 Å². The fourth-order valence-electron chi connectivity index (χ4n) is 5.29. The molecule has 2 fully saturated rings. The number of hydrogen-bond donors (Lipinski definition) is 1. The minimum absolute atomic E-state index is 0.0192. The van der Waals surface area contributed by atoms with Gasteiger partial charge in [-0.1, -0.05) is 6.92 Å². The maximum Gasteiger partial charge on any atom is 0.253 e. The number of carbonyl (C=O) groups is 3. The van der Waals surface area contributed by atoms with Crippen LogP contribution in [0.2, 0.25) is 0 Å². The molecule has 0 saturated carbocycles. The van der Waals surface area contributed by atoms with Crippen molar-refractivity contribution < 1.29 is 14.4 Å². The Kier molecular flexibility index (Phi) is 6.69. The van der Waals surface area contributed by atoms with E-state index in [2.05, 4.69) is 22.0 Å². The SMILES string of the molecule is CCN1CCC[C@H]1CNC(=O)CN1C(=O)[C@H]2CCCCN2c2ccc(C(=O)N(C)C)cc21. The van der Waals surface area contributed by atoms with Crippen LogP contribution in [0.5, 0.6) is 0 Å². The number of likely N-dealkylation sites (N-methyl/N-ethyl adjacent to an activating group) is 1. The van der Waals surface area contributed by atoms with E-state index in [1.807, 2.05) is 12.1 Å². The topological polar surface area (TPSA) is 76.2 Å². The van der Waals surface area contributed by atoms with Crippen molar-refractivity contribution in [1.29, 1.82) is 0 Å². The number of nitrogens with one attached hydrogen (secondary N) is 1. The maximum absolute atomic E-state index is 13.4. The Morgan fingerprint density at radius 2 is 1.91 bits per heavy atom. The number of nitrogens with zero attached hydrogens (tertiary/aromatic N) is 4. The van der Waals surface area contributed by atoms with Gasteiger partial charge in [0.2, 0.25) is 11.8 Å². The molecule has 0 aromatic heterocycles. The molecule has 0 radical (unpaired) electrons. The Balaban J connectivity index is 1.56. The van der Waals surface area contributed by atoms with Crippen molar-refractivity contribution in [3.63, 3.8) is 0 Å². The summed E-state index contributed by atoms with van der Waals surface area (Å²) in [5, 5.41) is 3.05. The van der Waals surface area contributed by atoms with Crippen LogP contribution in [0.4, 0.5) is 11.4 Å². The van der Waals surface area contributed by atoms with Crippen LogP contribution >= 0.6 is 0 Å². The molecule has 4 rings (SSSR count). The molecule has 0 unspecified atom stereocenters. The van der Waals surface area contributed by atoms with Gasteiger partial charge in [-0.3, -0.25) is 24.2 Å². The first-order valence-electron chi connectivity index (χ1n) is 11.8. The summed E-state index contributed by atoms with van der Waals surface area (Å²) in [7, 11) is 3.42. The number of benzene rings is 1. The molecule has 2 saturated heterocycles. The highest BCUT2D eigenvalue weighted by Crippen LogP contribution is 2.40. The Labute approximate surface area is 190 Å². The number of amides is 3. The van der Waals surface area contributed by atoms with E-state index < -0.39 is 0 Å². The van der Waals surface area contributed by atoms with Crippen LogP contribution in [0.15, 0.2) is 18.2 Å². The molecule has 3 aliphatic rings. The summed E-state index contributed by atoms with van der Waals surface area (Å²) in [5.74, 6) is -0.315. The van der Waals surface area contributed by atoms with Crippen molar-refractivity contribution >= 4 is 29.1 Å². The second-order valence-electron chi connectivity index (χ2n) is 9.26. The van der Waals surface area contributed by atoms with Crippen LogP contribution in [0.25, 0.3) is 0 Å². The summed E-state index contributed by atoms with van der Waals surface area (Å²) in [4.78, 5) is 46.5. The molecule has 1 aromatic rings. The van der Waals surface area contributed by atoms with Gasteiger partial charge in [0.15, 0.2) is 0 Å². The number of carbonyl (C=O) groups excluding carboxylic acids is 3. The predicted molar refractivity (Wildman–Crippen MR) is 125 cm³/mol. The smallest absolute Gasteiger partial charge is 0.253 e. The Morgan fingerprint density at radius 3 is 2.66 bits per heavy atom. The van der Waals surface area contributed by atoms with E-state index in [-0.39, 0.29) is 30.3 Å². The quantitative estimate of drug-likeness (QED) is 0.727. The highest BCUT2D eigenvalue weighted by Gasteiger charge is 2.40. The number of hydrogen-bond acceptors (Lipinski definition) is 5. The summed E-state index contributed by atoms with van der Waals surface area (Å²) in [5.41, 5.74) is 2.12. The van der Waals surface area contributed by atoms with Crippen LogP contribution in [0, 0.1) is 0 Å². The molecule has 0 aliphatic carbocycles. The van der Waals surface area contributed by atoms with Gasteiger partial charge in [0.05, 0.1) is 11.4 Å². The molecule has 8 nitrogen and oxygen atoms in total. The summed E-state index contributed by atoms with van der Waals surface area (Å²) >= 11 is 0. The molecule has 174 valence electrons. The third-order valence-corrected chi connectivity index (χ3v) is 7.02. The average Bonchev–Trinajstić information content (AvgIpc) is 3.27. The van der Waals surface area contributed by atoms with E-state index in [0.717, 1.165) is 57.4 Å². The summed E-state index contributed by atoms with van der Waals surface area (Å²) in [6, 6.07) is 5.65. The first kappa shape index (κ1) is 22.6. The third kappa shape index (κ3) is 4.33. The molecule has 8 heteroatoms. The largest absolute Gasteiger partial charge is 0.358 e. The predicted octanol–water partition coefficient (Wildman–Crippen LogP) is 1.69. The van der Waals surface area contributed by atoms with Crippen molar-refractivity contribution in [3.05, 3.63) is 23.8 Å². The van der Waals surface area contributed by atoms with Crippen molar-refractivity contribution in [2.75, 3.05) is 56.6 Å². The van der Waals surface area contributed by atoms with E-state index >= 15 is 0 Å². The lowest BCUT2D eigenvalue weighted by atomic mass is 9.95. The lowest BCUT2D eigenvalue weighted by molar-refractivity contribution is -0.125. The van der Waals surface area contributed by atoms with Crippen LogP contribution in [0.3, 0.4) is 0 Å². The molecule has 3 heterocycles. The third-order valence-electron chi connectivity index (χ3n) is 7.02. The molecular formula is C24H35N5O3. The minimum Gasteiger partial charge on any atom is -0.358 e. The second-order valence-corrected chi connectivity index (χ2v) is 9.26. The van der Waals surface area contributed by atoms with Crippen molar-refractivity contribution in [2.24, 2.45) is 0 Å². The highest BCUT2D eigenvalue weighted by atomic mass is 16.2. The van der Waals surface area contributed by atoms with E-state index in [1.165, 1.54) is 4.90 Å². The summed E-state index contributed by atoms with van der Waals surface area (Å²) in [6.07, 6.45) is 5.09. The number of likely N-dealkylation sites (tertiary alicyclic amines) is 1. The molecular weight excluding hydrogens is 406 g/mol. The van der Waals surface area contributed by atoms with Crippen molar-refractivity contribution in [2.45, 2.75) is 51.1 Å². The first-order chi connectivity index (χ1) is 15.4. The van der Waals surface area contributed by atoms with Crippen LogP contribution < -0.4 is 15.1 Å². The monoisotopic (exact) mass is 441 g/mol. The number of anilines is 2. The first-order valence-corrected chi connectivity index (χ1v) is 11.8. The minimum atomic E-state index is -0.232. The Bertz CT molecular complexity index is 886. The van der Waals surface area contributed by atoms with Gasteiger partial charge in [0.25, 0.3) is 5.91 Å². The van der Waals surface area contributed by atoms with Crippen LogP contribution in [0.1, 0.15) is 49.4 Å². The Morgan fingerprint density at radius 1 is 1.09 bits per heavy atom.